The first-order valence-electron chi connectivity index (χ1n) is 9.41. The lowest BCUT2D eigenvalue weighted by Gasteiger charge is -2.24. The van der Waals surface area contributed by atoms with E-state index in [2.05, 4.69) is 10.6 Å². The zero-order chi connectivity index (χ0) is 21.8. The van der Waals surface area contributed by atoms with Crippen LogP contribution in [0.25, 0.3) is 0 Å². The van der Waals surface area contributed by atoms with Crippen LogP contribution < -0.4 is 10.6 Å². The third-order valence-electron chi connectivity index (χ3n) is 4.79. The first kappa shape index (κ1) is 21.6. The van der Waals surface area contributed by atoms with E-state index in [9.17, 15) is 18.8 Å². The summed E-state index contributed by atoms with van der Waals surface area (Å²) in [5, 5.41) is 5.81. The van der Waals surface area contributed by atoms with Gasteiger partial charge < -0.3 is 20.4 Å². The fourth-order valence-electron chi connectivity index (χ4n) is 3.23. The third kappa shape index (κ3) is 4.88. The molecule has 7 nitrogen and oxygen atoms in total. The molecule has 2 aromatic carbocycles. The van der Waals surface area contributed by atoms with E-state index in [1.807, 2.05) is 0 Å². The average molecular weight is 433 g/mol. The van der Waals surface area contributed by atoms with Gasteiger partial charge in [-0.1, -0.05) is 11.6 Å². The van der Waals surface area contributed by atoms with E-state index in [0.29, 0.717) is 30.1 Å². The molecule has 0 aliphatic carbocycles. The Bertz CT molecular complexity index is 965. The smallest absolute Gasteiger partial charge is 0.322 e. The number of halogens is 2. The monoisotopic (exact) mass is 432 g/mol. The van der Waals surface area contributed by atoms with Crippen molar-refractivity contribution in [2.75, 3.05) is 31.3 Å². The predicted molar refractivity (Wildman–Crippen MR) is 113 cm³/mol. The quantitative estimate of drug-likeness (QED) is 0.770. The molecule has 1 aliphatic heterocycles. The molecule has 4 amide bonds. The number of likely N-dealkylation sites (tertiary alicyclic amines) is 1. The molecule has 0 aromatic heterocycles. The van der Waals surface area contributed by atoms with Gasteiger partial charge in [0.05, 0.1) is 5.69 Å². The van der Waals surface area contributed by atoms with Crippen LogP contribution in [0.4, 0.5) is 20.6 Å². The topological polar surface area (TPSA) is 81.8 Å². The number of hydrogen-bond acceptors (Lipinski definition) is 3. The molecule has 2 aromatic rings. The van der Waals surface area contributed by atoms with Crippen molar-refractivity contribution in [2.24, 2.45) is 0 Å². The molecule has 1 saturated heterocycles. The van der Waals surface area contributed by atoms with Crippen LogP contribution in [0.3, 0.4) is 0 Å². The highest BCUT2D eigenvalue weighted by Gasteiger charge is 2.34. The standard InChI is InChI=1S/C21H22ClFN4O3/c1-26(2)20(29)13-5-10-17(16(23)12-13)25-19(28)18-4-3-11-27(18)21(30)24-15-8-6-14(22)7-9-15/h5-10,12,18H,3-4,11H2,1-2H3,(H,24,30)(H,25,28)/t18-/m1/s1. The van der Waals surface area contributed by atoms with Crippen LogP contribution >= 0.6 is 11.6 Å². The number of carbonyl (C=O) groups is 3. The van der Waals surface area contributed by atoms with Crippen LogP contribution in [0.5, 0.6) is 0 Å². The molecule has 1 aliphatic rings. The number of nitrogens with zero attached hydrogens (tertiary/aromatic N) is 2. The lowest BCUT2D eigenvalue weighted by Crippen LogP contribution is -2.45. The molecule has 9 heteroatoms. The predicted octanol–water partition coefficient (Wildman–Crippen LogP) is 3.82. The molecule has 1 heterocycles. The van der Waals surface area contributed by atoms with Crippen LogP contribution in [0.1, 0.15) is 23.2 Å². The maximum Gasteiger partial charge on any atom is 0.322 e. The molecular weight excluding hydrogens is 411 g/mol. The van der Waals surface area contributed by atoms with Crippen molar-refractivity contribution in [1.29, 1.82) is 0 Å². The Kier molecular flexibility index (Phi) is 6.56. The summed E-state index contributed by atoms with van der Waals surface area (Å²) < 4.78 is 14.4. The number of carbonyl (C=O) groups excluding carboxylic acids is 3. The van der Waals surface area contributed by atoms with E-state index in [4.69, 9.17) is 11.6 Å². The fraction of sp³-hybridized carbons (Fsp3) is 0.286. The molecule has 30 heavy (non-hydrogen) atoms. The minimum atomic E-state index is -0.722. The lowest BCUT2D eigenvalue weighted by atomic mass is 10.1. The maximum absolute atomic E-state index is 14.4. The second-order valence-corrected chi connectivity index (χ2v) is 7.61. The summed E-state index contributed by atoms with van der Waals surface area (Å²) >= 11 is 5.84. The van der Waals surface area contributed by atoms with Crippen molar-refractivity contribution in [2.45, 2.75) is 18.9 Å². The van der Waals surface area contributed by atoms with E-state index in [1.54, 1.807) is 38.4 Å². The molecule has 1 atom stereocenters. The Hall–Kier alpha value is -3.13. The van der Waals surface area contributed by atoms with Gasteiger partial charge in [0.1, 0.15) is 11.9 Å². The zero-order valence-corrected chi connectivity index (χ0v) is 17.4. The van der Waals surface area contributed by atoms with Crippen molar-refractivity contribution < 1.29 is 18.8 Å². The van der Waals surface area contributed by atoms with Gasteiger partial charge in [-0.25, -0.2) is 9.18 Å². The summed E-state index contributed by atoms with van der Waals surface area (Å²) in [6.07, 6.45) is 1.13. The molecule has 0 radical (unpaired) electrons. The van der Waals surface area contributed by atoms with Crippen LogP contribution in [-0.2, 0) is 4.79 Å². The second-order valence-electron chi connectivity index (χ2n) is 7.17. The van der Waals surface area contributed by atoms with Gasteiger partial charge in [0.25, 0.3) is 5.91 Å². The Morgan fingerprint density at radius 2 is 1.80 bits per heavy atom. The van der Waals surface area contributed by atoms with Gasteiger partial charge in [0.2, 0.25) is 5.91 Å². The summed E-state index contributed by atoms with van der Waals surface area (Å²) in [4.78, 5) is 40.0. The van der Waals surface area contributed by atoms with E-state index >= 15 is 0 Å². The molecule has 0 bridgehead atoms. The highest BCUT2D eigenvalue weighted by Crippen LogP contribution is 2.23. The fourth-order valence-corrected chi connectivity index (χ4v) is 3.36. The van der Waals surface area contributed by atoms with Crippen LogP contribution in [0.15, 0.2) is 42.5 Å². The zero-order valence-electron chi connectivity index (χ0n) is 16.6. The first-order chi connectivity index (χ1) is 14.3. The number of anilines is 2. The second kappa shape index (κ2) is 9.13. The number of hydrogen-bond donors (Lipinski definition) is 2. The van der Waals surface area contributed by atoms with Crippen molar-refractivity contribution in [3.05, 3.63) is 58.9 Å². The third-order valence-corrected chi connectivity index (χ3v) is 5.04. The molecule has 0 spiro atoms. The summed E-state index contributed by atoms with van der Waals surface area (Å²) in [7, 11) is 3.14. The Morgan fingerprint density at radius 3 is 2.43 bits per heavy atom. The van der Waals surface area contributed by atoms with Crippen molar-refractivity contribution in [3.8, 4) is 0 Å². The van der Waals surface area contributed by atoms with E-state index in [1.165, 1.54) is 21.9 Å². The van der Waals surface area contributed by atoms with Crippen molar-refractivity contribution >= 4 is 40.8 Å². The summed E-state index contributed by atoms with van der Waals surface area (Å²) in [5.74, 6) is -1.54. The minimum absolute atomic E-state index is 0.0414. The van der Waals surface area contributed by atoms with E-state index in [-0.39, 0.29) is 17.2 Å². The molecule has 2 N–H and O–H groups in total. The maximum atomic E-state index is 14.4. The van der Waals surface area contributed by atoms with Gasteiger partial charge in [-0.2, -0.15) is 0 Å². The molecule has 3 rings (SSSR count). The highest BCUT2D eigenvalue weighted by molar-refractivity contribution is 6.30. The van der Waals surface area contributed by atoms with Gasteiger partial charge >= 0.3 is 6.03 Å². The van der Waals surface area contributed by atoms with Gasteiger partial charge in [0.15, 0.2) is 0 Å². The molecule has 0 saturated carbocycles. The number of benzene rings is 2. The van der Waals surface area contributed by atoms with Gasteiger partial charge in [-0.05, 0) is 55.3 Å². The number of rotatable bonds is 4. The van der Waals surface area contributed by atoms with Gasteiger partial charge in [0, 0.05) is 36.9 Å². The number of nitrogens with one attached hydrogen (secondary N) is 2. The summed E-state index contributed by atoms with van der Waals surface area (Å²) in [6, 6.07) is 9.36. The Balaban J connectivity index is 1.67. The van der Waals surface area contributed by atoms with Crippen molar-refractivity contribution in [3.63, 3.8) is 0 Å². The van der Waals surface area contributed by atoms with Crippen LogP contribution in [0.2, 0.25) is 5.02 Å². The normalized spacial score (nSPS) is 15.6. The first-order valence-corrected chi connectivity index (χ1v) is 9.79. The Labute approximate surface area is 178 Å². The summed E-state index contributed by atoms with van der Waals surface area (Å²) in [6.45, 7) is 0.413. The van der Waals surface area contributed by atoms with E-state index in [0.717, 1.165) is 6.07 Å². The van der Waals surface area contributed by atoms with Crippen LogP contribution in [-0.4, -0.2) is 54.3 Å². The lowest BCUT2D eigenvalue weighted by molar-refractivity contribution is -0.119. The van der Waals surface area contributed by atoms with E-state index < -0.39 is 23.8 Å². The SMILES string of the molecule is CN(C)C(=O)c1ccc(NC(=O)[C@H]2CCCN2C(=O)Nc2ccc(Cl)cc2)c(F)c1. The van der Waals surface area contributed by atoms with Crippen LogP contribution in [0, 0.1) is 5.82 Å². The van der Waals surface area contributed by atoms with Gasteiger partial charge in [-0.15, -0.1) is 0 Å². The minimum Gasteiger partial charge on any atom is -0.345 e. The Morgan fingerprint density at radius 1 is 1.10 bits per heavy atom. The molecule has 0 unspecified atom stereocenters. The van der Waals surface area contributed by atoms with Gasteiger partial charge in [-0.3, -0.25) is 9.59 Å². The summed E-state index contributed by atoms with van der Waals surface area (Å²) in [5.41, 5.74) is 0.697. The highest BCUT2D eigenvalue weighted by atomic mass is 35.5. The number of urea groups is 1. The average Bonchev–Trinajstić information content (AvgIpc) is 3.20. The molecule has 1 fully saturated rings. The molecule has 158 valence electrons. The van der Waals surface area contributed by atoms with Crippen molar-refractivity contribution in [1.82, 2.24) is 9.80 Å². The molecular formula is C21H22ClFN4O3. The number of amides is 4. The largest absolute Gasteiger partial charge is 0.345 e.